The average molecular weight is 456 g/mol. The van der Waals surface area contributed by atoms with Crippen LogP contribution in [0, 0.1) is 10.1 Å². The highest BCUT2D eigenvalue weighted by molar-refractivity contribution is 6.33. The molecular weight excluding hydrogens is 445 g/mol. The lowest BCUT2D eigenvalue weighted by Gasteiger charge is -2.11. The number of non-ortho nitro benzene ring substituents is 1. The number of carbonyl (C=O) groups is 1. The zero-order valence-electron chi connectivity index (χ0n) is 15.5. The molecule has 31 heavy (non-hydrogen) atoms. The predicted octanol–water partition coefficient (Wildman–Crippen LogP) is 5.89. The van der Waals surface area contributed by atoms with E-state index in [0.29, 0.717) is 10.6 Å². The van der Waals surface area contributed by atoms with E-state index in [4.69, 9.17) is 32.4 Å². The second kappa shape index (κ2) is 8.22. The number of nitro groups is 1. The summed E-state index contributed by atoms with van der Waals surface area (Å²) in [6.45, 7) is 0. The van der Waals surface area contributed by atoms with E-state index < -0.39 is 16.3 Å². The van der Waals surface area contributed by atoms with Crippen LogP contribution in [0.1, 0.15) is 10.4 Å². The lowest BCUT2D eigenvalue weighted by molar-refractivity contribution is -0.384. The number of hydrogen-bond donors (Lipinski definition) is 0. The second-order valence-electron chi connectivity index (χ2n) is 6.40. The van der Waals surface area contributed by atoms with Crippen LogP contribution in [0.15, 0.2) is 75.9 Å². The molecule has 0 aliphatic carbocycles. The van der Waals surface area contributed by atoms with Gasteiger partial charge in [-0.25, -0.2) is 4.79 Å². The van der Waals surface area contributed by atoms with E-state index in [2.05, 4.69) is 0 Å². The minimum atomic E-state index is -0.892. The molecule has 1 aromatic heterocycles. The molecule has 0 aliphatic heterocycles. The van der Waals surface area contributed by atoms with Gasteiger partial charge in [-0.1, -0.05) is 35.3 Å². The van der Waals surface area contributed by atoms with E-state index >= 15 is 0 Å². The first-order valence-electron chi connectivity index (χ1n) is 8.83. The molecule has 154 valence electrons. The van der Waals surface area contributed by atoms with Gasteiger partial charge in [0, 0.05) is 22.7 Å². The molecule has 0 aliphatic rings. The number of benzene rings is 3. The quantitative estimate of drug-likeness (QED) is 0.216. The van der Waals surface area contributed by atoms with Crippen LogP contribution in [-0.2, 0) is 0 Å². The predicted molar refractivity (Wildman–Crippen MR) is 116 cm³/mol. The fraction of sp³-hybridized carbons (Fsp3) is 0. The van der Waals surface area contributed by atoms with Gasteiger partial charge in [-0.2, -0.15) is 0 Å². The fourth-order valence-corrected chi connectivity index (χ4v) is 3.33. The summed E-state index contributed by atoms with van der Waals surface area (Å²) in [5, 5.41) is 11.5. The van der Waals surface area contributed by atoms with Gasteiger partial charge in [-0.15, -0.1) is 0 Å². The van der Waals surface area contributed by atoms with Crippen molar-refractivity contribution in [2.24, 2.45) is 0 Å². The molecular formula is C22H11Cl2NO6. The highest BCUT2D eigenvalue weighted by Crippen LogP contribution is 2.36. The molecule has 9 heteroatoms. The molecule has 0 saturated carbocycles. The molecule has 0 amide bonds. The molecule has 0 N–H and O–H groups in total. The van der Waals surface area contributed by atoms with E-state index in [1.165, 1.54) is 24.3 Å². The Morgan fingerprint density at radius 1 is 1.00 bits per heavy atom. The topological polar surface area (TPSA) is 99.7 Å². The van der Waals surface area contributed by atoms with Crippen LogP contribution in [0.3, 0.4) is 0 Å². The van der Waals surface area contributed by atoms with Gasteiger partial charge in [0.2, 0.25) is 11.2 Å². The van der Waals surface area contributed by atoms with Crippen molar-refractivity contribution < 1.29 is 18.9 Å². The van der Waals surface area contributed by atoms with E-state index in [1.54, 1.807) is 30.3 Å². The fourth-order valence-electron chi connectivity index (χ4n) is 2.94. The highest BCUT2D eigenvalue weighted by atomic mass is 35.5. The Bertz CT molecular complexity index is 1400. The maximum Gasteiger partial charge on any atom is 0.343 e. The number of fused-ring (bicyclic) bond motifs is 1. The number of esters is 1. The third kappa shape index (κ3) is 4.01. The van der Waals surface area contributed by atoms with Gasteiger partial charge in [0.25, 0.3) is 5.69 Å². The Morgan fingerprint density at radius 3 is 2.39 bits per heavy atom. The molecule has 0 saturated heterocycles. The van der Waals surface area contributed by atoms with E-state index in [9.17, 15) is 19.7 Å². The molecule has 1 heterocycles. The lowest BCUT2D eigenvalue weighted by Crippen LogP contribution is -2.16. The van der Waals surface area contributed by atoms with Crippen molar-refractivity contribution in [3.05, 3.63) is 103 Å². The number of carbonyl (C=O) groups excluding carboxylic acids is 1. The zero-order chi connectivity index (χ0) is 22.1. The molecule has 0 bridgehead atoms. The number of halogens is 2. The van der Waals surface area contributed by atoms with Crippen LogP contribution in [0.2, 0.25) is 10.0 Å². The minimum Gasteiger partial charge on any atom is -0.452 e. The van der Waals surface area contributed by atoms with Gasteiger partial charge in [0.15, 0.2) is 5.76 Å². The Kier molecular flexibility index (Phi) is 5.46. The Hall–Kier alpha value is -3.68. The summed E-state index contributed by atoms with van der Waals surface area (Å²) in [6.07, 6.45) is 0. The van der Waals surface area contributed by atoms with Crippen LogP contribution < -0.4 is 10.2 Å². The van der Waals surface area contributed by atoms with Gasteiger partial charge in [0.1, 0.15) is 5.58 Å². The van der Waals surface area contributed by atoms with E-state index in [0.717, 1.165) is 12.1 Å². The van der Waals surface area contributed by atoms with E-state index in [-0.39, 0.29) is 38.8 Å². The first-order valence-corrected chi connectivity index (χ1v) is 9.58. The molecule has 0 atom stereocenters. The van der Waals surface area contributed by atoms with Crippen molar-refractivity contribution in [3.63, 3.8) is 0 Å². The molecule has 0 fully saturated rings. The normalized spacial score (nSPS) is 10.8. The molecule has 3 aromatic carbocycles. The van der Waals surface area contributed by atoms with Gasteiger partial charge in [0.05, 0.1) is 20.9 Å². The summed E-state index contributed by atoms with van der Waals surface area (Å²) in [6, 6.07) is 15.9. The molecule has 0 unspecified atom stereocenters. The summed E-state index contributed by atoms with van der Waals surface area (Å²) >= 11 is 12.3. The molecule has 0 radical (unpaired) electrons. The standard InChI is InChI=1S/C22H11Cl2NO6/c23-13-7-10-18-16(11-13)19(26)21(20(30-18)15-3-1-2-4-17(15)24)31-22(27)12-5-8-14(9-6-12)25(28)29/h1-11H. The number of nitro benzene ring substituents is 1. The van der Waals surface area contributed by atoms with Crippen LogP contribution in [0.25, 0.3) is 22.3 Å². The van der Waals surface area contributed by atoms with Crippen molar-refractivity contribution >= 4 is 45.8 Å². The third-order valence-corrected chi connectivity index (χ3v) is 5.00. The lowest BCUT2D eigenvalue weighted by atomic mass is 10.1. The first-order chi connectivity index (χ1) is 14.8. The summed E-state index contributed by atoms with van der Waals surface area (Å²) in [5.74, 6) is -1.29. The summed E-state index contributed by atoms with van der Waals surface area (Å²) < 4.78 is 11.3. The van der Waals surface area contributed by atoms with Crippen LogP contribution in [0.4, 0.5) is 5.69 Å². The number of nitrogens with zero attached hydrogens (tertiary/aromatic N) is 1. The van der Waals surface area contributed by atoms with Crippen LogP contribution in [0.5, 0.6) is 5.75 Å². The van der Waals surface area contributed by atoms with Crippen molar-refractivity contribution in [2.75, 3.05) is 0 Å². The largest absolute Gasteiger partial charge is 0.452 e. The summed E-state index contributed by atoms with van der Waals surface area (Å²) in [7, 11) is 0. The SMILES string of the molecule is O=C(Oc1c(-c2ccccc2Cl)oc2ccc(Cl)cc2c1=O)c1ccc([N+](=O)[O-])cc1. The minimum absolute atomic E-state index is 0.0151. The van der Waals surface area contributed by atoms with Crippen LogP contribution in [-0.4, -0.2) is 10.9 Å². The zero-order valence-corrected chi connectivity index (χ0v) is 17.0. The number of hydrogen-bond acceptors (Lipinski definition) is 6. The molecule has 7 nitrogen and oxygen atoms in total. The van der Waals surface area contributed by atoms with Gasteiger partial charge < -0.3 is 9.15 Å². The monoisotopic (exact) mass is 455 g/mol. The third-order valence-electron chi connectivity index (χ3n) is 4.44. The first kappa shape index (κ1) is 20.6. The Morgan fingerprint density at radius 2 is 1.71 bits per heavy atom. The average Bonchev–Trinajstić information content (AvgIpc) is 2.76. The Labute approximate surface area is 184 Å². The van der Waals surface area contributed by atoms with Gasteiger partial charge in [-0.3, -0.25) is 14.9 Å². The van der Waals surface area contributed by atoms with Crippen molar-refractivity contribution in [1.82, 2.24) is 0 Å². The molecule has 4 rings (SSSR count). The number of ether oxygens (including phenoxy) is 1. The number of rotatable bonds is 4. The second-order valence-corrected chi connectivity index (χ2v) is 7.25. The highest BCUT2D eigenvalue weighted by Gasteiger charge is 2.23. The maximum atomic E-state index is 13.2. The van der Waals surface area contributed by atoms with E-state index in [1.807, 2.05) is 0 Å². The molecule has 4 aromatic rings. The molecule has 0 spiro atoms. The van der Waals surface area contributed by atoms with Crippen molar-refractivity contribution in [2.45, 2.75) is 0 Å². The Balaban J connectivity index is 1.87. The summed E-state index contributed by atoms with van der Waals surface area (Å²) in [5.41, 5.74) is -0.201. The van der Waals surface area contributed by atoms with Gasteiger partial charge >= 0.3 is 5.97 Å². The van der Waals surface area contributed by atoms with Crippen LogP contribution >= 0.6 is 23.2 Å². The smallest absolute Gasteiger partial charge is 0.343 e. The van der Waals surface area contributed by atoms with Crippen molar-refractivity contribution in [1.29, 1.82) is 0 Å². The summed E-state index contributed by atoms with van der Waals surface area (Å²) in [4.78, 5) is 36.1. The van der Waals surface area contributed by atoms with Crippen molar-refractivity contribution in [3.8, 4) is 17.1 Å². The van der Waals surface area contributed by atoms with Gasteiger partial charge in [-0.05, 0) is 42.5 Å². The maximum absolute atomic E-state index is 13.2.